The lowest BCUT2D eigenvalue weighted by molar-refractivity contribution is 1.16. The van der Waals surface area contributed by atoms with Gasteiger partial charge in [-0.25, -0.2) is 4.98 Å². The van der Waals surface area contributed by atoms with E-state index in [4.69, 9.17) is 0 Å². The lowest BCUT2D eigenvalue weighted by atomic mass is 10.2. The van der Waals surface area contributed by atoms with Gasteiger partial charge in [-0.05, 0) is 32.1 Å². The van der Waals surface area contributed by atoms with Crippen LogP contribution in [-0.2, 0) is 0 Å². The highest BCUT2D eigenvalue weighted by Gasteiger charge is 2.13. The number of aromatic amines is 1. The van der Waals surface area contributed by atoms with E-state index in [1.165, 1.54) is 0 Å². The summed E-state index contributed by atoms with van der Waals surface area (Å²) in [6, 6.07) is 0. The Morgan fingerprint density at radius 2 is 2.00 bits per heavy atom. The van der Waals surface area contributed by atoms with E-state index in [2.05, 4.69) is 27.5 Å². The number of allylic oxidation sites excluding steroid dienone is 1. The van der Waals surface area contributed by atoms with Crippen molar-refractivity contribution in [1.29, 1.82) is 0 Å². The van der Waals surface area contributed by atoms with Gasteiger partial charge in [-0.1, -0.05) is 19.2 Å². The maximum absolute atomic E-state index is 4.47. The molecule has 2 heterocycles. The minimum Gasteiger partial charge on any atom is -0.327 e. The molecule has 82 valence electrons. The van der Waals surface area contributed by atoms with Crippen LogP contribution in [0, 0.1) is 6.92 Å². The van der Waals surface area contributed by atoms with Crippen LogP contribution in [0.4, 0.5) is 0 Å². The molecule has 0 aliphatic heterocycles. The molecule has 16 heavy (non-hydrogen) atoms. The molecule has 0 aliphatic rings. The standard InChI is InChI=1S/C13H15N3/c1-5-8-12-10(6-2)15-13-14-9(4)11(7-3)16(12)13/h5-8H,2-3H2,1,4H3,(H,14,15)/b8-5-. The molecular weight excluding hydrogens is 198 g/mol. The molecule has 1 N–H and O–H groups in total. The summed E-state index contributed by atoms with van der Waals surface area (Å²) in [5.74, 6) is 0.829. The molecule has 2 aromatic heterocycles. The fourth-order valence-electron chi connectivity index (χ4n) is 1.89. The molecule has 3 nitrogen and oxygen atoms in total. The fourth-order valence-corrected chi connectivity index (χ4v) is 1.89. The Morgan fingerprint density at radius 1 is 1.25 bits per heavy atom. The number of imidazole rings is 2. The lowest BCUT2D eigenvalue weighted by Crippen LogP contribution is -1.89. The molecule has 2 rings (SSSR count). The summed E-state index contributed by atoms with van der Waals surface area (Å²) in [7, 11) is 0. The lowest BCUT2D eigenvalue weighted by Gasteiger charge is -1.97. The maximum Gasteiger partial charge on any atom is 0.213 e. The molecule has 0 radical (unpaired) electrons. The molecule has 0 spiro atoms. The number of fused-ring (bicyclic) bond motifs is 1. The van der Waals surface area contributed by atoms with E-state index >= 15 is 0 Å². The van der Waals surface area contributed by atoms with E-state index in [0.717, 1.165) is 28.6 Å². The van der Waals surface area contributed by atoms with Gasteiger partial charge in [0.2, 0.25) is 5.78 Å². The highest BCUT2D eigenvalue weighted by atomic mass is 15.1. The number of aryl methyl sites for hydroxylation is 1. The second kappa shape index (κ2) is 3.85. The molecule has 0 saturated carbocycles. The predicted octanol–water partition coefficient (Wildman–Crippen LogP) is 3.29. The number of aromatic nitrogens is 3. The van der Waals surface area contributed by atoms with Crippen molar-refractivity contribution in [2.75, 3.05) is 0 Å². The number of hydrogen-bond acceptors (Lipinski definition) is 1. The third-order valence-corrected chi connectivity index (χ3v) is 2.58. The average molecular weight is 213 g/mol. The molecule has 0 saturated heterocycles. The molecule has 2 aromatic rings. The van der Waals surface area contributed by atoms with E-state index in [9.17, 15) is 0 Å². The number of hydrogen-bond donors (Lipinski definition) is 1. The molecule has 0 aromatic carbocycles. The van der Waals surface area contributed by atoms with Crippen molar-refractivity contribution in [2.45, 2.75) is 13.8 Å². The summed E-state index contributed by atoms with van der Waals surface area (Å²) in [6.07, 6.45) is 7.61. The molecular formula is C13H15N3. The smallest absolute Gasteiger partial charge is 0.213 e. The largest absolute Gasteiger partial charge is 0.327 e. The van der Waals surface area contributed by atoms with E-state index in [-0.39, 0.29) is 0 Å². The van der Waals surface area contributed by atoms with Gasteiger partial charge in [0, 0.05) is 5.69 Å². The Balaban J connectivity index is 2.89. The van der Waals surface area contributed by atoms with E-state index in [1.54, 1.807) is 6.08 Å². The summed E-state index contributed by atoms with van der Waals surface area (Å²) >= 11 is 0. The molecule has 0 unspecified atom stereocenters. The quantitative estimate of drug-likeness (QED) is 0.833. The van der Waals surface area contributed by atoms with Crippen LogP contribution in [0.1, 0.15) is 29.7 Å². The van der Waals surface area contributed by atoms with Crippen LogP contribution < -0.4 is 0 Å². The van der Waals surface area contributed by atoms with Crippen molar-refractivity contribution in [3.05, 3.63) is 42.0 Å². The van der Waals surface area contributed by atoms with Gasteiger partial charge in [0.05, 0.1) is 17.1 Å². The summed E-state index contributed by atoms with van der Waals surface area (Å²) < 4.78 is 2.05. The van der Waals surface area contributed by atoms with Crippen LogP contribution in [0.5, 0.6) is 0 Å². The van der Waals surface area contributed by atoms with E-state index in [1.807, 2.05) is 32.1 Å². The highest BCUT2D eigenvalue weighted by Crippen LogP contribution is 2.20. The molecule has 3 heteroatoms. The number of H-pyrrole nitrogens is 1. The number of nitrogens with one attached hydrogen (secondary N) is 1. The van der Waals surface area contributed by atoms with Gasteiger partial charge in [-0.3, -0.25) is 4.40 Å². The third kappa shape index (κ3) is 1.33. The van der Waals surface area contributed by atoms with Crippen LogP contribution in [-0.4, -0.2) is 14.4 Å². The Labute approximate surface area is 94.8 Å². The number of rotatable bonds is 3. The van der Waals surface area contributed by atoms with E-state index < -0.39 is 0 Å². The predicted molar refractivity (Wildman–Crippen MR) is 69.2 cm³/mol. The monoisotopic (exact) mass is 213 g/mol. The van der Waals surface area contributed by atoms with Gasteiger partial charge in [0.25, 0.3) is 0 Å². The molecule has 0 amide bonds. The first-order valence-electron chi connectivity index (χ1n) is 5.21. The Hall–Kier alpha value is -2.03. The van der Waals surface area contributed by atoms with Gasteiger partial charge in [-0.15, -0.1) is 0 Å². The van der Waals surface area contributed by atoms with Crippen LogP contribution in [0.25, 0.3) is 24.0 Å². The van der Waals surface area contributed by atoms with Crippen molar-refractivity contribution in [3.8, 4) is 0 Å². The van der Waals surface area contributed by atoms with Gasteiger partial charge in [0.1, 0.15) is 0 Å². The first-order chi connectivity index (χ1) is 7.72. The second-order valence-electron chi connectivity index (χ2n) is 3.58. The zero-order chi connectivity index (χ0) is 11.7. The third-order valence-electron chi connectivity index (χ3n) is 2.58. The van der Waals surface area contributed by atoms with Gasteiger partial charge < -0.3 is 4.98 Å². The summed E-state index contributed by atoms with van der Waals surface area (Å²) in [5.41, 5.74) is 4.03. The Bertz CT molecular complexity index is 582. The van der Waals surface area contributed by atoms with Crippen molar-refractivity contribution >= 4 is 24.0 Å². The first-order valence-corrected chi connectivity index (χ1v) is 5.21. The zero-order valence-electron chi connectivity index (χ0n) is 9.62. The molecule has 0 atom stereocenters. The highest BCUT2D eigenvalue weighted by molar-refractivity contribution is 5.66. The zero-order valence-corrected chi connectivity index (χ0v) is 9.62. The van der Waals surface area contributed by atoms with E-state index in [0.29, 0.717) is 0 Å². The summed E-state index contributed by atoms with van der Waals surface area (Å²) in [6.45, 7) is 11.6. The SMILES string of the molecule is C=Cc1nc2[nH]c(C)c(C=C)n2c1/C=C\C. The minimum atomic E-state index is 0.829. The van der Waals surface area contributed by atoms with Crippen molar-refractivity contribution in [3.63, 3.8) is 0 Å². The maximum atomic E-state index is 4.47. The van der Waals surface area contributed by atoms with Gasteiger partial charge in [-0.2, -0.15) is 0 Å². The minimum absolute atomic E-state index is 0.829. The fraction of sp³-hybridized carbons (Fsp3) is 0.154. The van der Waals surface area contributed by atoms with Crippen LogP contribution >= 0.6 is 0 Å². The molecule has 0 aliphatic carbocycles. The van der Waals surface area contributed by atoms with Crippen LogP contribution in [0.3, 0.4) is 0 Å². The normalized spacial score (nSPS) is 11.4. The number of nitrogens with zero attached hydrogens (tertiary/aromatic N) is 2. The topological polar surface area (TPSA) is 33.1 Å². The average Bonchev–Trinajstić information content (AvgIpc) is 2.74. The molecule has 0 fully saturated rings. The van der Waals surface area contributed by atoms with Gasteiger partial charge >= 0.3 is 0 Å². The van der Waals surface area contributed by atoms with Crippen LogP contribution in [0.2, 0.25) is 0 Å². The van der Waals surface area contributed by atoms with Crippen molar-refractivity contribution in [1.82, 2.24) is 14.4 Å². The summed E-state index contributed by atoms with van der Waals surface area (Å²) in [4.78, 5) is 7.70. The first kappa shape index (κ1) is 10.5. The second-order valence-corrected chi connectivity index (χ2v) is 3.58. The Morgan fingerprint density at radius 3 is 2.56 bits per heavy atom. The summed E-state index contributed by atoms with van der Waals surface area (Å²) in [5, 5.41) is 0. The van der Waals surface area contributed by atoms with Gasteiger partial charge in [0.15, 0.2) is 0 Å². The Kier molecular flexibility index (Phi) is 2.52. The van der Waals surface area contributed by atoms with Crippen molar-refractivity contribution < 1.29 is 0 Å². The van der Waals surface area contributed by atoms with Crippen LogP contribution in [0.15, 0.2) is 19.2 Å². The molecule has 0 bridgehead atoms. The van der Waals surface area contributed by atoms with Crippen molar-refractivity contribution in [2.24, 2.45) is 0 Å².